The molecule has 0 bridgehead atoms. The molecule has 0 aliphatic rings. The molecule has 2 rings (SSSR count). The fourth-order valence-electron chi connectivity index (χ4n) is 3.60. The van der Waals surface area contributed by atoms with Crippen LogP contribution in [0.3, 0.4) is 0 Å². The van der Waals surface area contributed by atoms with Gasteiger partial charge in [-0.3, -0.25) is 9.59 Å². The van der Waals surface area contributed by atoms with E-state index in [1.807, 2.05) is 30.3 Å². The largest absolute Gasteiger partial charge is 0.480 e. The SMILES string of the molecule is CC(C)[C@H](NC(=O)[C@H](C)NC(=O)N[C@@H](Cc1ccccc1)C(=O)O)C(=O)N[C@H](C=O)Cc1ccccc1. The van der Waals surface area contributed by atoms with Crippen molar-refractivity contribution in [2.24, 2.45) is 5.92 Å². The zero-order chi connectivity index (χ0) is 27.4. The standard InChI is InChI=1S/C27H34N4O6/c1-17(2)23(25(34)29-21(16-32)14-19-10-6-4-7-11-19)31-24(33)18(3)28-27(37)30-22(26(35)36)15-20-12-8-5-9-13-20/h4-13,16-18,21-23H,14-15H2,1-3H3,(H,29,34)(H,31,33)(H,35,36)(H2,28,30,37)/t18-,21-,22-,23-/m0/s1. The number of hydrogen-bond donors (Lipinski definition) is 5. The molecule has 0 aliphatic heterocycles. The maximum Gasteiger partial charge on any atom is 0.326 e. The number of nitrogens with one attached hydrogen (secondary N) is 4. The van der Waals surface area contributed by atoms with Gasteiger partial charge in [-0.25, -0.2) is 9.59 Å². The van der Waals surface area contributed by atoms with Gasteiger partial charge in [0.2, 0.25) is 11.8 Å². The van der Waals surface area contributed by atoms with Gasteiger partial charge in [-0.1, -0.05) is 74.5 Å². The fraction of sp³-hybridized carbons (Fsp3) is 0.370. The number of aldehydes is 1. The van der Waals surface area contributed by atoms with Crippen molar-refractivity contribution >= 4 is 30.1 Å². The first kappa shape index (κ1) is 29.0. The summed E-state index contributed by atoms with van der Waals surface area (Å²) in [7, 11) is 0. The highest BCUT2D eigenvalue weighted by Gasteiger charge is 2.29. The molecule has 0 saturated heterocycles. The Hall–Kier alpha value is -4.21. The van der Waals surface area contributed by atoms with E-state index in [4.69, 9.17) is 0 Å². The van der Waals surface area contributed by atoms with Crippen molar-refractivity contribution in [3.05, 3.63) is 71.8 Å². The highest BCUT2D eigenvalue weighted by Crippen LogP contribution is 2.07. The first-order valence-corrected chi connectivity index (χ1v) is 12.0. The monoisotopic (exact) mass is 510 g/mol. The summed E-state index contributed by atoms with van der Waals surface area (Å²) in [6.45, 7) is 4.90. The van der Waals surface area contributed by atoms with Gasteiger partial charge in [0.05, 0.1) is 6.04 Å². The average Bonchev–Trinajstić information content (AvgIpc) is 2.87. The van der Waals surface area contributed by atoms with E-state index in [1.54, 1.807) is 44.2 Å². The molecule has 0 saturated carbocycles. The molecule has 2 aromatic carbocycles. The van der Waals surface area contributed by atoms with E-state index in [9.17, 15) is 29.1 Å². The topological polar surface area (TPSA) is 154 Å². The van der Waals surface area contributed by atoms with Crippen LogP contribution in [0.25, 0.3) is 0 Å². The molecule has 2 aromatic rings. The van der Waals surface area contributed by atoms with Crippen LogP contribution in [0.5, 0.6) is 0 Å². The van der Waals surface area contributed by atoms with Gasteiger partial charge >= 0.3 is 12.0 Å². The summed E-state index contributed by atoms with van der Waals surface area (Å²) in [5.74, 6) is -2.68. The molecular weight excluding hydrogens is 476 g/mol. The highest BCUT2D eigenvalue weighted by atomic mass is 16.4. The van der Waals surface area contributed by atoms with Crippen LogP contribution in [0, 0.1) is 5.92 Å². The van der Waals surface area contributed by atoms with E-state index in [0.29, 0.717) is 12.7 Å². The van der Waals surface area contributed by atoms with Crippen LogP contribution in [0.2, 0.25) is 0 Å². The molecule has 10 nitrogen and oxygen atoms in total. The smallest absolute Gasteiger partial charge is 0.326 e. The summed E-state index contributed by atoms with van der Waals surface area (Å²) in [6, 6.07) is 13.2. The summed E-state index contributed by atoms with van der Waals surface area (Å²) in [5, 5.41) is 19.5. The normalized spacial score (nSPS) is 13.9. The van der Waals surface area contributed by atoms with Crippen LogP contribution in [-0.2, 0) is 32.0 Å². The van der Waals surface area contributed by atoms with Gasteiger partial charge in [0.25, 0.3) is 0 Å². The van der Waals surface area contributed by atoms with Crippen molar-refractivity contribution in [2.45, 2.75) is 57.8 Å². The third kappa shape index (κ3) is 9.75. The Bertz CT molecular complexity index is 1060. The summed E-state index contributed by atoms with van der Waals surface area (Å²) in [6.07, 6.45) is 1.02. The van der Waals surface area contributed by atoms with Gasteiger partial charge in [-0.15, -0.1) is 0 Å². The Morgan fingerprint density at radius 3 is 1.78 bits per heavy atom. The summed E-state index contributed by atoms with van der Waals surface area (Å²) in [5.41, 5.74) is 1.61. The number of benzene rings is 2. The third-order valence-electron chi connectivity index (χ3n) is 5.66. The van der Waals surface area contributed by atoms with Gasteiger partial charge in [-0.05, 0) is 30.4 Å². The molecule has 0 heterocycles. The zero-order valence-electron chi connectivity index (χ0n) is 21.1. The summed E-state index contributed by atoms with van der Waals surface area (Å²) < 4.78 is 0. The van der Waals surface area contributed by atoms with E-state index >= 15 is 0 Å². The molecule has 0 aliphatic carbocycles. The molecule has 10 heteroatoms. The minimum atomic E-state index is -1.21. The van der Waals surface area contributed by atoms with E-state index in [1.165, 1.54) is 6.92 Å². The van der Waals surface area contributed by atoms with Crippen molar-refractivity contribution in [1.82, 2.24) is 21.3 Å². The molecule has 0 unspecified atom stereocenters. The lowest BCUT2D eigenvalue weighted by atomic mass is 10.0. The van der Waals surface area contributed by atoms with E-state index in [-0.39, 0.29) is 12.3 Å². The van der Waals surface area contributed by atoms with E-state index in [0.717, 1.165) is 11.1 Å². The lowest BCUT2D eigenvalue weighted by Gasteiger charge is -2.25. The van der Waals surface area contributed by atoms with Crippen LogP contribution < -0.4 is 21.3 Å². The Morgan fingerprint density at radius 1 is 0.757 bits per heavy atom. The van der Waals surface area contributed by atoms with Crippen LogP contribution in [0.15, 0.2) is 60.7 Å². The number of carboxylic acid groups (broad SMARTS) is 1. The maximum absolute atomic E-state index is 12.9. The molecule has 0 spiro atoms. The van der Waals surface area contributed by atoms with Crippen molar-refractivity contribution in [2.75, 3.05) is 0 Å². The molecule has 0 fully saturated rings. The Labute approximate surface area is 216 Å². The second-order valence-electron chi connectivity index (χ2n) is 9.09. The molecule has 5 N–H and O–H groups in total. The zero-order valence-corrected chi connectivity index (χ0v) is 21.1. The third-order valence-corrected chi connectivity index (χ3v) is 5.66. The molecular formula is C27H34N4O6. The molecule has 4 atom stereocenters. The predicted molar refractivity (Wildman–Crippen MR) is 138 cm³/mol. The minimum Gasteiger partial charge on any atom is -0.480 e. The van der Waals surface area contributed by atoms with Crippen LogP contribution >= 0.6 is 0 Å². The number of aliphatic carboxylic acids is 1. The number of urea groups is 1. The van der Waals surface area contributed by atoms with Crippen molar-refractivity contribution in [3.63, 3.8) is 0 Å². The fourth-order valence-corrected chi connectivity index (χ4v) is 3.60. The highest BCUT2D eigenvalue weighted by molar-refractivity contribution is 5.93. The van der Waals surface area contributed by atoms with Gasteiger partial charge in [0.15, 0.2) is 0 Å². The average molecular weight is 511 g/mol. The Morgan fingerprint density at radius 2 is 1.30 bits per heavy atom. The minimum absolute atomic E-state index is 0.0701. The first-order chi connectivity index (χ1) is 17.6. The molecule has 37 heavy (non-hydrogen) atoms. The number of amides is 4. The second kappa shape index (κ2) is 14.4. The van der Waals surface area contributed by atoms with Crippen LogP contribution in [0.4, 0.5) is 4.79 Å². The molecule has 198 valence electrons. The number of carbonyl (C=O) groups is 5. The van der Waals surface area contributed by atoms with Gasteiger partial charge in [-0.2, -0.15) is 0 Å². The summed E-state index contributed by atoms with van der Waals surface area (Å²) in [4.78, 5) is 61.1. The lowest BCUT2D eigenvalue weighted by Crippen LogP contribution is -2.58. The van der Waals surface area contributed by atoms with Crippen LogP contribution in [0.1, 0.15) is 31.9 Å². The maximum atomic E-state index is 12.9. The van der Waals surface area contributed by atoms with Gasteiger partial charge < -0.3 is 31.2 Å². The van der Waals surface area contributed by atoms with Crippen LogP contribution in [-0.4, -0.2) is 59.4 Å². The van der Waals surface area contributed by atoms with Crippen molar-refractivity contribution in [3.8, 4) is 0 Å². The number of carbonyl (C=O) groups excluding carboxylic acids is 4. The number of carboxylic acids is 1. The Kier molecular flexibility index (Phi) is 11.3. The number of hydrogen-bond acceptors (Lipinski definition) is 5. The lowest BCUT2D eigenvalue weighted by molar-refractivity contribution is -0.139. The first-order valence-electron chi connectivity index (χ1n) is 12.0. The predicted octanol–water partition coefficient (Wildman–Crippen LogP) is 1.44. The van der Waals surface area contributed by atoms with Crippen molar-refractivity contribution < 1.29 is 29.1 Å². The quantitative estimate of drug-likeness (QED) is 0.257. The summed E-state index contributed by atoms with van der Waals surface area (Å²) >= 11 is 0. The van der Waals surface area contributed by atoms with Crippen molar-refractivity contribution in [1.29, 1.82) is 0 Å². The molecule has 4 amide bonds. The molecule has 0 aromatic heterocycles. The Balaban J connectivity index is 1.93. The van der Waals surface area contributed by atoms with Gasteiger partial charge in [0.1, 0.15) is 24.4 Å². The van der Waals surface area contributed by atoms with Gasteiger partial charge in [0, 0.05) is 6.42 Å². The molecule has 0 radical (unpaired) electrons. The second-order valence-corrected chi connectivity index (χ2v) is 9.09. The van der Waals surface area contributed by atoms with E-state index in [2.05, 4.69) is 21.3 Å². The number of rotatable bonds is 13. The van der Waals surface area contributed by atoms with E-state index < -0.39 is 48.0 Å².